The molecule has 67 heavy (non-hydrogen) atoms. The van der Waals surface area contributed by atoms with E-state index in [1.807, 2.05) is 40.8 Å². The highest BCUT2D eigenvalue weighted by Gasteiger charge is 2.52. The Morgan fingerprint density at radius 2 is 1.96 bits per heavy atom. The monoisotopic (exact) mass is 944 g/mol. The van der Waals surface area contributed by atoms with Crippen molar-refractivity contribution in [2.24, 2.45) is 17.6 Å². The molecule has 1 spiro atoms. The molecule has 14 heteroatoms. The number of hydrogen-bond donors (Lipinski definition) is 7. The summed E-state index contributed by atoms with van der Waals surface area (Å²) in [7, 11) is 5.65. The van der Waals surface area contributed by atoms with Crippen LogP contribution >= 0.6 is 21.6 Å². The summed E-state index contributed by atoms with van der Waals surface area (Å²) in [5.41, 5.74) is 15.8. The van der Waals surface area contributed by atoms with Gasteiger partial charge in [-0.15, -0.1) is 0 Å². The van der Waals surface area contributed by atoms with Crippen LogP contribution in [-0.2, 0) is 34.3 Å². The number of aromatic hydroxyl groups is 2. The van der Waals surface area contributed by atoms with Gasteiger partial charge in [-0.25, -0.2) is 0 Å². The summed E-state index contributed by atoms with van der Waals surface area (Å²) in [6.45, 7) is 1.29. The van der Waals surface area contributed by atoms with Crippen molar-refractivity contribution in [2.45, 2.75) is 119 Å². The first-order chi connectivity index (χ1) is 32.6. The Bertz CT molecular complexity index is 2660. The number of esters is 1. The van der Waals surface area contributed by atoms with Gasteiger partial charge < -0.3 is 56.0 Å². The molecule has 2 saturated carbocycles. The number of dihydropyridines is 1. The molecule has 0 radical (unpaired) electrons. The average Bonchev–Trinajstić information content (AvgIpc) is 3.82. The average molecular weight is 945 g/mol. The number of carbonyl (C=O) groups is 1. The SMILES string of the molecule is CNCc1c(O)c2c(c3c1CC#CC1=C(C=CC(N)N1)CC1CCC4(Cc5cc(O)cc(OCO)c5-c5ccc6c(c54)OC3C6COC(C)=O)C1)C=CC1NC3CCCC(CSSCC1O2)C3. The molecular weight excluding hydrogens is 885 g/mol. The third-order valence-electron chi connectivity index (χ3n) is 15.5. The quantitative estimate of drug-likeness (QED) is 0.0559. The zero-order valence-corrected chi connectivity index (χ0v) is 39.8. The van der Waals surface area contributed by atoms with Crippen LogP contribution in [0.3, 0.4) is 0 Å². The molecule has 3 fully saturated rings. The van der Waals surface area contributed by atoms with Gasteiger partial charge in [0, 0.05) is 82.3 Å². The Kier molecular flexibility index (Phi) is 12.2. The number of carbonyl (C=O) groups excluding carboxylic acids is 1. The van der Waals surface area contributed by atoms with Gasteiger partial charge >= 0.3 is 5.97 Å². The molecule has 3 aliphatic carbocycles. The number of phenolic OH excluding ortho intramolecular Hbond substituents is 2. The number of ether oxygens (including phenoxy) is 4. The van der Waals surface area contributed by atoms with Crippen LogP contribution in [0.15, 0.2) is 53.8 Å². The van der Waals surface area contributed by atoms with Gasteiger partial charge in [-0.2, -0.15) is 0 Å². The smallest absolute Gasteiger partial charge is 0.302 e. The molecule has 1 saturated heterocycles. The molecule has 9 atom stereocenters. The molecular formula is C53H60N4O8S2. The van der Waals surface area contributed by atoms with E-state index >= 15 is 0 Å². The van der Waals surface area contributed by atoms with Crippen LogP contribution in [0.2, 0.25) is 0 Å². The van der Waals surface area contributed by atoms with Crippen molar-refractivity contribution in [3.05, 3.63) is 92.7 Å². The summed E-state index contributed by atoms with van der Waals surface area (Å²) in [4.78, 5) is 12.8. The Hall–Kier alpha value is -4.75. The molecule has 8 aliphatic rings. The summed E-state index contributed by atoms with van der Waals surface area (Å²) in [5.74, 6) is 10.8. The van der Waals surface area contributed by atoms with Crippen molar-refractivity contribution >= 4 is 33.6 Å². The topological polar surface area (TPSA) is 177 Å². The van der Waals surface area contributed by atoms with Crippen LogP contribution in [-0.4, -0.2) is 77.6 Å². The molecule has 3 aromatic carbocycles. The van der Waals surface area contributed by atoms with Gasteiger partial charge in [0.1, 0.15) is 36.1 Å². The summed E-state index contributed by atoms with van der Waals surface area (Å²) in [6.07, 6.45) is 16.3. The predicted octanol–water partition coefficient (Wildman–Crippen LogP) is 7.52. The molecule has 352 valence electrons. The van der Waals surface area contributed by atoms with Crippen LogP contribution in [0.4, 0.5) is 0 Å². The number of hydrogen-bond acceptors (Lipinski definition) is 14. The number of allylic oxidation sites excluding steroid dienone is 3. The summed E-state index contributed by atoms with van der Waals surface area (Å²) in [5, 5.41) is 44.6. The highest BCUT2D eigenvalue weighted by molar-refractivity contribution is 8.76. The normalized spacial score (nSPS) is 29.9. The second-order valence-electron chi connectivity index (χ2n) is 19.8. The Labute approximate surface area is 400 Å². The van der Waals surface area contributed by atoms with E-state index in [2.05, 4.69) is 58.2 Å². The maximum atomic E-state index is 12.8. The van der Waals surface area contributed by atoms with E-state index in [-0.39, 0.29) is 48.8 Å². The van der Waals surface area contributed by atoms with Gasteiger partial charge in [-0.05, 0) is 111 Å². The van der Waals surface area contributed by atoms with Crippen LogP contribution in [0.5, 0.6) is 28.7 Å². The molecule has 5 aliphatic heterocycles. The number of phenols is 2. The molecule has 6 bridgehead atoms. The number of benzene rings is 3. The third-order valence-corrected chi connectivity index (χ3v) is 18.1. The lowest BCUT2D eigenvalue weighted by Crippen LogP contribution is -2.49. The maximum absolute atomic E-state index is 12.8. The standard InChI is InChI=1S/C53H60N4O8S2/c1-28(59)62-24-40-36-10-11-37-46-32(19-34(60)20-43(46)63-27-58)22-53-16-15-29(21-53)17-31-9-14-45(54)57-41(31)8-4-7-35-39(23-55-2)49(61)52-38(47(35)50(40)65-51(36)48(37)53)12-13-42-44(64-52)26-67-66-25-30-5-3-6-33(18-30)56-42/h9-14,19-20,29-30,33,40,42,44-45,50,55-58,60-61H,3,5-7,15-18,21-27,54H2,1-2H3. The fraction of sp³-hybridized carbons (Fsp3) is 0.491. The van der Waals surface area contributed by atoms with Crippen molar-refractivity contribution < 1.29 is 39.1 Å². The number of aliphatic hydroxyl groups is 1. The van der Waals surface area contributed by atoms with Crippen LogP contribution in [0, 0.1) is 23.7 Å². The highest BCUT2D eigenvalue weighted by Crippen LogP contribution is 2.63. The van der Waals surface area contributed by atoms with Crippen LogP contribution in [0.1, 0.15) is 109 Å². The van der Waals surface area contributed by atoms with Gasteiger partial charge in [0.2, 0.25) is 0 Å². The molecule has 0 aromatic heterocycles. The van der Waals surface area contributed by atoms with E-state index in [0.29, 0.717) is 47.9 Å². The van der Waals surface area contributed by atoms with Crippen LogP contribution in [0.25, 0.3) is 17.2 Å². The van der Waals surface area contributed by atoms with Gasteiger partial charge in [-0.3, -0.25) is 4.79 Å². The van der Waals surface area contributed by atoms with Crippen molar-refractivity contribution in [3.8, 4) is 51.7 Å². The third kappa shape index (κ3) is 8.17. The lowest BCUT2D eigenvalue weighted by atomic mass is 9.65. The number of rotatable bonds is 6. The maximum Gasteiger partial charge on any atom is 0.302 e. The van der Waals surface area contributed by atoms with E-state index in [9.17, 15) is 20.1 Å². The zero-order valence-electron chi connectivity index (χ0n) is 38.1. The summed E-state index contributed by atoms with van der Waals surface area (Å²) < 4.78 is 26.7. The molecule has 0 amide bonds. The first-order valence-electron chi connectivity index (χ1n) is 24.0. The molecule has 9 unspecified atom stereocenters. The minimum atomic E-state index is -0.683. The predicted molar refractivity (Wildman–Crippen MR) is 262 cm³/mol. The van der Waals surface area contributed by atoms with Crippen LogP contribution < -0.4 is 35.9 Å². The lowest BCUT2D eigenvalue weighted by Gasteiger charge is -2.39. The number of nitrogens with one attached hydrogen (secondary N) is 3. The van der Waals surface area contributed by atoms with E-state index in [4.69, 9.17) is 24.7 Å². The fourth-order valence-corrected chi connectivity index (χ4v) is 15.4. The first-order valence-corrected chi connectivity index (χ1v) is 26.5. The van der Waals surface area contributed by atoms with Gasteiger partial charge in [0.15, 0.2) is 18.3 Å². The van der Waals surface area contributed by atoms with Crippen molar-refractivity contribution in [2.75, 3.05) is 32.0 Å². The van der Waals surface area contributed by atoms with Crippen molar-refractivity contribution in [3.63, 3.8) is 0 Å². The van der Waals surface area contributed by atoms with E-state index in [1.165, 1.54) is 19.8 Å². The minimum absolute atomic E-state index is 0.0609. The molecule has 8 N–H and O–H groups in total. The zero-order chi connectivity index (χ0) is 46.0. The van der Waals surface area contributed by atoms with Crippen molar-refractivity contribution in [1.29, 1.82) is 0 Å². The van der Waals surface area contributed by atoms with Gasteiger partial charge in [0.25, 0.3) is 0 Å². The van der Waals surface area contributed by atoms with Gasteiger partial charge in [0.05, 0.1) is 23.8 Å². The lowest BCUT2D eigenvalue weighted by molar-refractivity contribution is -0.141. The number of nitrogens with two attached hydrogens (primary N) is 1. The molecule has 12 nitrogen and oxygen atoms in total. The number of aliphatic hydroxyl groups excluding tert-OH is 1. The van der Waals surface area contributed by atoms with Gasteiger partial charge in [-0.1, -0.05) is 64.3 Å². The molecule has 11 rings (SSSR count). The largest absolute Gasteiger partial charge is 0.508 e. The summed E-state index contributed by atoms with van der Waals surface area (Å²) >= 11 is 0. The van der Waals surface area contributed by atoms with Crippen molar-refractivity contribution in [1.82, 2.24) is 16.0 Å². The van der Waals surface area contributed by atoms with E-state index in [1.54, 1.807) is 6.07 Å². The molecule has 3 aromatic rings. The number of fused-ring (bicyclic) bond motifs is 11. The Balaban J connectivity index is 1.16. The second kappa shape index (κ2) is 18.3. The first kappa shape index (κ1) is 44.7. The molecule has 5 heterocycles. The summed E-state index contributed by atoms with van der Waals surface area (Å²) in [6, 6.07) is 7.90. The fourth-order valence-electron chi connectivity index (χ4n) is 12.7. The highest BCUT2D eigenvalue weighted by atomic mass is 33.1. The minimum Gasteiger partial charge on any atom is -0.508 e. The van der Waals surface area contributed by atoms with E-state index < -0.39 is 24.2 Å². The second-order valence-corrected chi connectivity index (χ2v) is 22.3. The Morgan fingerprint density at radius 1 is 1.07 bits per heavy atom. The Morgan fingerprint density at radius 3 is 2.81 bits per heavy atom. The van der Waals surface area contributed by atoms with E-state index in [0.717, 1.165) is 112 Å².